The smallest absolute Gasteiger partial charge is 0.356 e. The molecule has 0 radical (unpaired) electrons. The van der Waals surface area contributed by atoms with Crippen molar-refractivity contribution in [3.63, 3.8) is 0 Å². The van der Waals surface area contributed by atoms with Gasteiger partial charge in [0.1, 0.15) is 0 Å². The van der Waals surface area contributed by atoms with E-state index in [9.17, 15) is 9.90 Å². The van der Waals surface area contributed by atoms with E-state index in [1.807, 2.05) is 12.1 Å². The van der Waals surface area contributed by atoms with Gasteiger partial charge < -0.3 is 5.11 Å². The normalized spacial score (nSPS) is 13.4. The second-order valence-corrected chi connectivity index (χ2v) is 6.19. The first-order chi connectivity index (χ1) is 12.2. The highest BCUT2D eigenvalue weighted by Gasteiger charge is 2.23. The summed E-state index contributed by atoms with van der Waals surface area (Å²) in [5.41, 5.74) is 4.17. The molecule has 1 aliphatic rings. The highest BCUT2D eigenvalue weighted by Crippen LogP contribution is 2.40. The molecule has 1 N–H and O–H groups in total. The van der Waals surface area contributed by atoms with Crippen LogP contribution in [0.3, 0.4) is 0 Å². The summed E-state index contributed by atoms with van der Waals surface area (Å²) in [7, 11) is 0. The van der Waals surface area contributed by atoms with Crippen molar-refractivity contribution in [2.75, 3.05) is 0 Å². The Kier molecular flexibility index (Phi) is 3.58. The molecule has 5 heteroatoms. The van der Waals surface area contributed by atoms with Crippen LogP contribution in [0.4, 0.5) is 0 Å². The van der Waals surface area contributed by atoms with Crippen molar-refractivity contribution in [3.8, 4) is 23.0 Å². The minimum atomic E-state index is -1.07. The van der Waals surface area contributed by atoms with E-state index in [2.05, 4.69) is 23.3 Å². The molecule has 1 heterocycles. The lowest BCUT2D eigenvalue weighted by Gasteiger charge is -2.08. The lowest BCUT2D eigenvalue weighted by molar-refractivity contribution is 0.0690. The molecule has 25 heavy (non-hydrogen) atoms. The molecular formula is C20H15N3O2. The zero-order valence-electron chi connectivity index (χ0n) is 13.4. The number of carboxylic acid groups (broad SMARTS) is 1. The zero-order chi connectivity index (χ0) is 17.4. The number of hydrogen-bond donors (Lipinski definition) is 1. The van der Waals surface area contributed by atoms with Crippen LogP contribution in [-0.4, -0.2) is 20.9 Å². The van der Waals surface area contributed by atoms with Crippen LogP contribution < -0.4 is 0 Å². The van der Waals surface area contributed by atoms with E-state index in [-0.39, 0.29) is 5.69 Å². The lowest BCUT2D eigenvalue weighted by Crippen LogP contribution is -2.02. The summed E-state index contributed by atoms with van der Waals surface area (Å²) < 4.78 is 1.64. The molecule has 0 bridgehead atoms. The summed E-state index contributed by atoms with van der Waals surface area (Å²) >= 11 is 0. The maximum Gasteiger partial charge on any atom is 0.356 e. The quantitative estimate of drug-likeness (QED) is 0.785. The van der Waals surface area contributed by atoms with Gasteiger partial charge in [0.05, 0.1) is 23.0 Å². The van der Waals surface area contributed by atoms with Crippen molar-refractivity contribution in [1.29, 1.82) is 5.26 Å². The third-order valence-electron chi connectivity index (χ3n) is 4.42. The van der Waals surface area contributed by atoms with Crippen molar-refractivity contribution in [2.45, 2.75) is 18.8 Å². The number of nitriles is 1. The van der Waals surface area contributed by atoms with Crippen molar-refractivity contribution in [1.82, 2.24) is 9.78 Å². The fourth-order valence-corrected chi connectivity index (χ4v) is 2.91. The lowest BCUT2D eigenvalue weighted by atomic mass is 10.1. The third kappa shape index (κ3) is 2.90. The number of rotatable bonds is 4. The maximum absolute atomic E-state index is 11.4. The third-order valence-corrected chi connectivity index (χ3v) is 4.42. The number of nitrogens with zero attached hydrogens (tertiary/aromatic N) is 3. The van der Waals surface area contributed by atoms with E-state index < -0.39 is 5.97 Å². The molecule has 0 aliphatic heterocycles. The number of aromatic carboxylic acids is 1. The van der Waals surface area contributed by atoms with E-state index in [0.717, 1.165) is 11.3 Å². The Morgan fingerprint density at radius 3 is 2.36 bits per heavy atom. The van der Waals surface area contributed by atoms with Gasteiger partial charge in [-0.25, -0.2) is 9.48 Å². The number of benzene rings is 2. The van der Waals surface area contributed by atoms with Gasteiger partial charge in [-0.15, -0.1) is 0 Å². The maximum atomic E-state index is 11.4. The summed E-state index contributed by atoms with van der Waals surface area (Å²) in [6.45, 7) is 0. The summed E-state index contributed by atoms with van der Waals surface area (Å²) in [5.74, 6) is -0.400. The molecule has 0 amide bonds. The summed E-state index contributed by atoms with van der Waals surface area (Å²) in [6.07, 6.45) is 2.47. The van der Waals surface area contributed by atoms with Crippen molar-refractivity contribution in [2.24, 2.45) is 0 Å². The Bertz CT molecular complexity index is 975. The average molecular weight is 329 g/mol. The van der Waals surface area contributed by atoms with E-state index in [1.165, 1.54) is 18.4 Å². The largest absolute Gasteiger partial charge is 0.476 e. The first kappa shape index (κ1) is 15.2. The van der Waals surface area contributed by atoms with Crippen LogP contribution in [0, 0.1) is 11.3 Å². The van der Waals surface area contributed by atoms with E-state index in [0.29, 0.717) is 17.2 Å². The van der Waals surface area contributed by atoms with E-state index >= 15 is 0 Å². The van der Waals surface area contributed by atoms with Crippen molar-refractivity contribution >= 4 is 5.97 Å². The average Bonchev–Trinajstić information content (AvgIpc) is 3.40. The zero-order valence-corrected chi connectivity index (χ0v) is 13.4. The molecule has 0 unspecified atom stereocenters. The summed E-state index contributed by atoms with van der Waals surface area (Å²) in [6, 6.07) is 18.8. The van der Waals surface area contributed by atoms with Crippen LogP contribution in [0.25, 0.3) is 16.9 Å². The molecule has 1 saturated carbocycles. The van der Waals surface area contributed by atoms with Gasteiger partial charge in [-0.05, 0) is 54.7 Å². The van der Waals surface area contributed by atoms with Crippen molar-refractivity contribution < 1.29 is 9.90 Å². The Labute approximate surface area is 144 Å². The highest BCUT2D eigenvalue weighted by molar-refractivity contribution is 5.87. The summed E-state index contributed by atoms with van der Waals surface area (Å²) in [4.78, 5) is 11.4. The Morgan fingerprint density at radius 1 is 1.12 bits per heavy atom. The number of carbonyl (C=O) groups is 1. The molecule has 0 spiro atoms. The van der Waals surface area contributed by atoms with Crippen molar-refractivity contribution in [3.05, 3.63) is 71.4 Å². The van der Waals surface area contributed by atoms with E-state index in [4.69, 9.17) is 5.26 Å². The molecule has 1 aromatic heterocycles. The van der Waals surface area contributed by atoms with Crippen LogP contribution in [-0.2, 0) is 0 Å². The second kappa shape index (κ2) is 5.91. The number of aromatic nitrogens is 2. The van der Waals surface area contributed by atoms with Gasteiger partial charge in [-0.3, -0.25) is 0 Å². The second-order valence-electron chi connectivity index (χ2n) is 6.19. The number of hydrogen-bond acceptors (Lipinski definition) is 3. The monoisotopic (exact) mass is 329 g/mol. The van der Waals surface area contributed by atoms with Crippen LogP contribution in [0.15, 0.2) is 54.6 Å². The van der Waals surface area contributed by atoms with Gasteiger partial charge in [-0.1, -0.05) is 24.3 Å². The molecule has 3 aromatic rings. The molecule has 0 atom stereocenters. The van der Waals surface area contributed by atoms with E-state index in [1.54, 1.807) is 35.0 Å². The molecule has 2 aromatic carbocycles. The fraction of sp³-hybridized carbons (Fsp3) is 0.150. The SMILES string of the molecule is N#Cc1ccc(-c2cc(C(=O)O)nn2-c2ccc(C3CC3)cc2)cc1. The molecule has 122 valence electrons. The Balaban J connectivity index is 1.79. The van der Waals surface area contributed by atoms with Gasteiger partial charge in [0.15, 0.2) is 5.69 Å². The standard InChI is InChI=1S/C20H15N3O2/c21-12-13-1-3-16(4-2-13)19-11-18(20(24)25)22-23(19)17-9-7-15(8-10-17)14-5-6-14/h1-4,7-11,14H,5-6H2,(H,24,25). The van der Waals surface area contributed by atoms with Gasteiger partial charge in [0.25, 0.3) is 0 Å². The van der Waals surface area contributed by atoms with Gasteiger partial charge in [0, 0.05) is 5.56 Å². The minimum Gasteiger partial charge on any atom is -0.476 e. The highest BCUT2D eigenvalue weighted by atomic mass is 16.4. The fourth-order valence-electron chi connectivity index (χ4n) is 2.91. The predicted molar refractivity (Wildman–Crippen MR) is 92.6 cm³/mol. The Hall–Kier alpha value is -3.39. The summed E-state index contributed by atoms with van der Waals surface area (Å²) in [5, 5.41) is 22.5. The first-order valence-corrected chi connectivity index (χ1v) is 8.10. The molecular weight excluding hydrogens is 314 g/mol. The topological polar surface area (TPSA) is 78.9 Å². The minimum absolute atomic E-state index is 0.00868. The van der Waals surface area contributed by atoms with Crippen LogP contribution in [0.5, 0.6) is 0 Å². The van der Waals surface area contributed by atoms with Crippen LogP contribution >= 0.6 is 0 Å². The van der Waals surface area contributed by atoms with Gasteiger partial charge in [-0.2, -0.15) is 10.4 Å². The molecule has 5 nitrogen and oxygen atoms in total. The van der Waals surface area contributed by atoms with Gasteiger partial charge in [0.2, 0.25) is 0 Å². The Morgan fingerprint density at radius 2 is 1.80 bits per heavy atom. The molecule has 4 rings (SSSR count). The first-order valence-electron chi connectivity index (χ1n) is 8.10. The molecule has 1 fully saturated rings. The van der Waals surface area contributed by atoms with Crippen LogP contribution in [0.2, 0.25) is 0 Å². The van der Waals surface area contributed by atoms with Gasteiger partial charge >= 0.3 is 5.97 Å². The molecule has 0 saturated heterocycles. The number of carboxylic acids is 1. The molecule has 1 aliphatic carbocycles. The van der Waals surface area contributed by atoms with Crippen LogP contribution in [0.1, 0.15) is 40.4 Å². The predicted octanol–water partition coefficient (Wildman–Crippen LogP) is 3.99.